The van der Waals surface area contributed by atoms with E-state index in [2.05, 4.69) is 4.90 Å². The van der Waals surface area contributed by atoms with Gasteiger partial charge in [-0.15, -0.1) is 12.4 Å². The summed E-state index contributed by atoms with van der Waals surface area (Å²) in [5, 5.41) is 0. The molecule has 1 aromatic carbocycles. The number of likely N-dealkylation sites (N-methyl/N-ethyl adjacent to an activating group) is 1. The first kappa shape index (κ1) is 17.9. The van der Waals surface area contributed by atoms with Crippen LogP contribution in [0.2, 0.25) is 0 Å². The SMILES string of the molecule is CN(Cc1ccccc1)C(=O)CN1CCOC(CN)C1.Cl. The lowest BCUT2D eigenvalue weighted by Gasteiger charge is -2.32. The minimum atomic E-state index is 0. The average molecular weight is 314 g/mol. The van der Waals surface area contributed by atoms with Crippen LogP contribution in [-0.2, 0) is 16.1 Å². The molecule has 118 valence electrons. The predicted molar refractivity (Wildman–Crippen MR) is 85.4 cm³/mol. The van der Waals surface area contributed by atoms with E-state index >= 15 is 0 Å². The summed E-state index contributed by atoms with van der Waals surface area (Å²) < 4.78 is 5.50. The zero-order valence-corrected chi connectivity index (χ0v) is 13.2. The zero-order chi connectivity index (χ0) is 14.4. The highest BCUT2D eigenvalue weighted by molar-refractivity contribution is 5.85. The standard InChI is InChI=1S/C15H23N3O2.ClH/c1-17(10-13-5-3-2-4-6-13)15(19)12-18-7-8-20-14(9-16)11-18;/h2-6,14H,7-12,16H2,1H3;1H. The van der Waals surface area contributed by atoms with E-state index in [1.54, 1.807) is 4.90 Å². The van der Waals surface area contributed by atoms with Gasteiger partial charge in [0.1, 0.15) is 0 Å². The number of hydrogen-bond acceptors (Lipinski definition) is 4. The van der Waals surface area contributed by atoms with Crippen molar-refractivity contribution in [1.82, 2.24) is 9.80 Å². The van der Waals surface area contributed by atoms with Crippen molar-refractivity contribution in [2.45, 2.75) is 12.6 Å². The van der Waals surface area contributed by atoms with Gasteiger partial charge in [-0.2, -0.15) is 0 Å². The summed E-state index contributed by atoms with van der Waals surface area (Å²) in [6, 6.07) is 10.0. The summed E-state index contributed by atoms with van der Waals surface area (Å²) in [4.78, 5) is 16.1. The van der Waals surface area contributed by atoms with Crippen LogP contribution >= 0.6 is 12.4 Å². The van der Waals surface area contributed by atoms with Crippen molar-refractivity contribution in [3.8, 4) is 0 Å². The van der Waals surface area contributed by atoms with Crippen molar-refractivity contribution >= 4 is 18.3 Å². The molecule has 1 aliphatic rings. The predicted octanol–water partition coefficient (Wildman–Crippen LogP) is 0.726. The molecule has 1 unspecified atom stereocenters. The van der Waals surface area contributed by atoms with E-state index in [9.17, 15) is 4.79 Å². The van der Waals surface area contributed by atoms with Crippen LogP contribution in [0.25, 0.3) is 0 Å². The molecule has 0 aromatic heterocycles. The summed E-state index contributed by atoms with van der Waals surface area (Å²) in [7, 11) is 1.84. The number of halogens is 1. The number of carbonyl (C=O) groups excluding carboxylic acids is 1. The first-order valence-corrected chi connectivity index (χ1v) is 7.01. The smallest absolute Gasteiger partial charge is 0.236 e. The molecule has 5 nitrogen and oxygen atoms in total. The highest BCUT2D eigenvalue weighted by Crippen LogP contribution is 2.06. The molecule has 0 spiro atoms. The fraction of sp³-hybridized carbons (Fsp3) is 0.533. The van der Waals surface area contributed by atoms with Crippen molar-refractivity contribution in [2.24, 2.45) is 5.73 Å². The highest BCUT2D eigenvalue weighted by Gasteiger charge is 2.22. The van der Waals surface area contributed by atoms with Crippen LogP contribution in [0.4, 0.5) is 0 Å². The number of amides is 1. The topological polar surface area (TPSA) is 58.8 Å². The van der Waals surface area contributed by atoms with Gasteiger partial charge in [-0.25, -0.2) is 0 Å². The minimum absolute atomic E-state index is 0. The van der Waals surface area contributed by atoms with Gasteiger partial charge in [-0.05, 0) is 5.56 Å². The third-order valence-electron chi connectivity index (χ3n) is 3.53. The lowest BCUT2D eigenvalue weighted by Crippen LogP contribution is -2.49. The van der Waals surface area contributed by atoms with Gasteiger partial charge in [0.2, 0.25) is 5.91 Å². The maximum atomic E-state index is 12.2. The maximum Gasteiger partial charge on any atom is 0.236 e. The molecule has 1 atom stereocenters. The van der Waals surface area contributed by atoms with Gasteiger partial charge >= 0.3 is 0 Å². The number of nitrogens with two attached hydrogens (primary N) is 1. The molecule has 2 rings (SSSR count). The Kier molecular flexibility index (Phi) is 7.67. The van der Waals surface area contributed by atoms with E-state index in [1.165, 1.54) is 0 Å². The van der Waals surface area contributed by atoms with E-state index in [-0.39, 0.29) is 24.4 Å². The Labute approximate surface area is 132 Å². The van der Waals surface area contributed by atoms with Gasteiger partial charge in [0.25, 0.3) is 0 Å². The quantitative estimate of drug-likeness (QED) is 0.870. The molecule has 1 heterocycles. The molecule has 21 heavy (non-hydrogen) atoms. The molecule has 0 bridgehead atoms. The summed E-state index contributed by atoms with van der Waals surface area (Å²) in [5.74, 6) is 0.131. The molecular formula is C15H24ClN3O2. The van der Waals surface area contributed by atoms with E-state index in [0.717, 1.165) is 18.7 Å². The maximum absolute atomic E-state index is 12.2. The Morgan fingerprint density at radius 3 is 2.81 bits per heavy atom. The molecular weight excluding hydrogens is 290 g/mol. The number of morpholine rings is 1. The van der Waals surface area contributed by atoms with Crippen LogP contribution in [0.15, 0.2) is 30.3 Å². The molecule has 1 saturated heterocycles. The molecule has 1 aliphatic heterocycles. The summed E-state index contributed by atoms with van der Waals surface area (Å²) >= 11 is 0. The summed E-state index contributed by atoms with van der Waals surface area (Å²) in [5.41, 5.74) is 6.75. The Morgan fingerprint density at radius 2 is 2.14 bits per heavy atom. The second-order valence-electron chi connectivity index (χ2n) is 5.20. The van der Waals surface area contributed by atoms with Crippen LogP contribution in [0.1, 0.15) is 5.56 Å². The zero-order valence-electron chi connectivity index (χ0n) is 12.4. The Hall–Kier alpha value is -1.14. The molecule has 0 aliphatic carbocycles. The number of carbonyl (C=O) groups is 1. The average Bonchev–Trinajstić information content (AvgIpc) is 2.48. The summed E-state index contributed by atoms with van der Waals surface area (Å²) in [6.07, 6.45) is 0.0518. The van der Waals surface area contributed by atoms with E-state index in [1.807, 2.05) is 37.4 Å². The first-order valence-electron chi connectivity index (χ1n) is 7.01. The summed E-state index contributed by atoms with van der Waals surface area (Å²) in [6.45, 7) is 3.76. The van der Waals surface area contributed by atoms with Crippen LogP contribution in [0.3, 0.4) is 0 Å². The molecule has 0 radical (unpaired) electrons. The van der Waals surface area contributed by atoms with Crippen molar-refractivity contribution in [1.29, 1.82) is 0 Å². The van der Waals surface area contributed by atoms with Crippen LogP contribution in [0, 0.1) is 0 Å². The van der Waals surface area contributed by atoms with Gasteiger partial charge in [0, 0.05) is 33.2 Å². The Bertz CT molecular complexity index is 430. The number of hydrogen-bond donors (Lipinski definition) is 1. The van der Waals surface area contributed by atoms with E-state index in [0.29, 0.717) is 26.2 Å². The van der Waals surface area contributed by atoms with Crippen LogP contribution in [-0.4, -0.2) is 61.6 Å². The molecule has 6 heteroatoms. The van der Waals surface area contributed by atoms with E-state index < -0.39 is 0 Å². The number of benzene rings is 1. The molecule has 1 fully saturated rings. The number of rotatable bonds is 5. The Morgan fingerprint density at radius 1 is 1.43 bits per heavy atom. The third-order valence-corrected chi connectivity index (χ3v) is 3.53. The second kappa shape index (κ2) is 9.00. The van der Waals surface area contributed by atoms with Gasteiger partial charge in [0.05, 0.1) is 19.3 Å². The fourth-order valence-corrected chi connectivity index (χ4v) is 2.32. The van der Waals surface area contributed by atoms with E-state index in [4.69, 9.17) is 10.5 Å². The normalized spacial score (nSPS) is 18.9. The van der Waals surface area contributed by atoms with Crippen molar-refractivity contribution in [3.05, 3.63) is 35.9 Å². The molecule has 2 N–H and O–H groups in total. The van der Waals surface area contributed by atoms with Gasteiger partial charge in [-0.1, -0.05) is 30.3 Å². The van der Waals surface area contributed by atoms with Gasteiger partial charge < -0.3 is 15.4 Å². The fourth-order valence-electron chi connectivity index (χ4n) is 2.32. The minimum Gasteiger partial charge on any atom is -0.374 e. The number of nitrogens with zero attached hydrogens (tertiary/aromatic N) is 2. The lowest BCUT2D eigenvalue weighted by molar-refractivity contribution is -0.133. The third kappa shape index (κ3) is 5.63. The molecule has 1 aromatic rings. The second-order valence-corrected chi connectivity index (χ2v) is 5.20. The van der Waals surface area contributed by atoms with Gasteiger partial charge in [-0.3, -0.25) is 9.69 Å². The monoisotopic (exact) mass is 313 g/mol. The van der Waals surface area contributed by atoms with Gasteiger partial charge in [0.15, 0.2) is 0 Å². The first-order chi connectivity index (χ1) is 9.69. The number of ether oxygens (including phenoxy) is 1. The Balaban J connectivity index is 0.00000220. The molecule has 1 amide bonds. The van der Waals surface area contributed by atoms with Crippen LogP contribution < -0.4 is 5.73 Å². The van der Waals surface area contributed by atoms with Crippen molar-refractivity contribution in [3.63, 3.8) is 0 Å². The lowest BCUT2D eigenvalue weighted by atomic mass is 10.2. The van der Waals surface area contributed by atoms with Crippen LogP contribution in [0.5, 0.6) is 0 Å². The largest absolute Gasteiger partial charge is 0.374 e. The van der Waals surface area contributed by atoms with Crippen molar-refractivity contribution < 1.29 is 9.53 Å². The van der Waals surface area contributed by atoms with Crippen molar-refractivity contribution in [2.75, 3.05) is 39.8 Å². The highest BCUT2D eigenvalue weighted by atomic mass is 35.5. The molecule has 0 saturated carbocycles.